The summed E-state index contributed by atoms with van der Waals surface area (Å²) in [5.74, 6) is 0.00575. The van der Waals surface area contributed by atoms with Gasteiger partial charge in [-0.2, -0.15) is 0 Å². The number of carbonyl (C=O) groups is 1. The maximum atomic E-state index is 12.1. The minimum absolute atomic E-state index is 0. The van der Waals surface area contributed by atoms with Gasteiger partial charge in [0.1, 0.15) is 7.05 Å². The summed E-state index contributed by atoms with van der Waals surface area (Å²) in [6.45, 7) is 0. The van der Waals surface area contributed by atoms with Crippen molar-refractivity contribution in [2.75, 3.05) is 0 Å². The first-order valence-corrected chi connectivity index (χ1v) is 7.79. The van der Waals surface area contributed by atoms with Gasteiger partial charge in [0, 0.05) is 27.6 Å². The van der Waals surface area contributed by atoms with Gasteiger partial charge in [-0.1, -0.05) is 22.0 Å². The second-order valence-corrected chi connectivity index (χ2v) is 6.06. The first kappa shape index (κ1) is 17.8. The van der Waals surface area contributed by atoms with E-state index in [-0.39, 0.29) is 29.8 Å². The van der Waals surface area contributed by atoms with Crippen LogP contribution in [0.25, 0.3) is 17.0 Å². The van der Waals surface area contributed by atoms with E-state index >= 15 is 0 Å². The van der Waals surface area contributed by atoms with Crippen molar-refractivity contribution < 1.29 is 33.3 Å². The average molecular weight is 480 g/mol. The molecule has 0 aliphatic carbocycles. The van der Waals surface area contributed by atoms with Crippen molar-refractivity contribution in [3.63, 3.8) is 0 Å². The van der Waals surface area contributed by atoms with E-state index in [1.54, 1.807) is 6.08 Å². The van der Waals surface area contributed by atoms with Gasteiger partial charge >= 0.3 is 0 Å². The van der Waals surface area contributed by atoms with Crippen molar-refractivity contribution in [2.24, 2.45) is 7.05 Å². The lowest BCUT2D eigenvalue weighted by molar-refractivity contribution is -0.644. The highest BCUT2D eigenvalue weighted by atomic mass is 127. The number of pyridine rings is 1. The molecule has 4 heteroatoms. The number of rotatable bonds is 3. The number of fused-ring (bicyclic) bond motifs is 1. The van der Waals surface area contributed by atoms with Gasteiger partial charge < -0.3 is 24.0 Å². The van der Waals surface area contributed by atoms with Crippen molar-refractivity contribution in [3.8, 4) is 0 Å². The smallest absolute Gasteiger partial charge is 0.212 e. The number of benzene rings is 2. The summed E-state index contributed by atoms with van der Waals surface area (Å²) in [6, 6.07) is 17.6. The van der Waals surface area contributed by atoms with Crippen molar-refractivity contribution in [1.29, 1.82) is 0 Å². The van der Waals surface area contributed by atoms with Crippen LogP contribution in [0.2, 0.25) is 0 Å². The Hall–Kier alpha value is -1.53. The molecule has 0 saturated heterocycles. The maximum Gasteiger partial charge on any atom is 0.212 e. The summed E-state index contributed by atoms with van der Waals surface area (Å²) in [5, 5.41) is 1.16. The van der Waals surface area contributed by atoms with Crippen LogP contribution in [0, 0.1) is 0 Å². The highest BCUT2D eigenvalue weighted by Crippen LogP contribution is 2.15. The van der Waals surface area contributed by atoms with Crippen molar-refractivity contribution >= 4 is 38.7 Å². The number of nitrogens with zero attached hydrogens (tertiary/aromatic N) is 1. The minimum atomic E-state index is 0. The fourth-order valence-electron chi connectivity index (χ4n) is 2.37. The molecule has 0 aliphatic heterocycles. The molecule has 0 unspecified atom stereocenters. The predicted octanol–water partition coefficient (Wildman–Crippen LogP) is 1.33. The van der Waals surface area contributed by atoms with Gasteiger partial charge in [0.25, 0.3) is 0 Å². The Kier molecular flexibility index (Phi) is 6.07. The molecule has 0 aliphatic rings. The Bertz CT molecular complexity index is 872. The molecule has 0 N–H and O–H groups in total. The molecule has 2 nitrogen and oxygen atoms in total. The fraction of sp³-hybridized carbons (Fsp3) is 0.0526. The van der Waals surface area contributed by atoms with Crippen LogP contribution in [0.15, 0.2) is 71.3 Å². The van der Waals surface area contributed by atoms with E-state index in [0.29, 0.717) is 5.56 Å². The summed E-state index contributed by atoms with van der Waals surface area (Å²) < 4.78 is 3.05. The molecule has 0 amide bonds. The molecule has 1 aromatic heterocycles. The van der Waals surface area contributed by atoms with Crippen LogP contribution in [0.1, 0.15) is 15.9 Å². The molecule has 23 heavy (non-hydrogen) atoms. The largest absolute Gasteiger partial charge is 1.00 e. The lowest BCUT2D eigenvalue weighted by Gasteiger charge is -1.99. The van der Waals surface area contributed by atoms with Gasteiger partial charge in [0.2, 0.25) is 5.52 Å². The number of aryl methyl sites for hydroxylation is 1. The van der Waals surface area contributed by atoms with Crippen LogP contribution in [0.3, 0.4) is 0 Å². The highest BCUT2D eigenvalue weighted by Gasteiger charge is 2.04. The standard InChI is InChI=1S/C19H15BrNO.HI/c1-21-12-2-3-16-13-14(4-10-18(16)21)5-11-19(22)15-6-8-17(20)9-7-15;/h2-13H,1H3;1H/q+1;/p-1/b11-5+;. The molecule has 116 valence electrons. The summed E-state index contributed by atoms with van der Waals surface area (Å²) in [7, 11) is 2.02. The molecular weight excluding hydrogens is 465 g/mol. The topological polar surface area (TPSA) is 20.9 Å². The van der Waals surface area contributed by atoms with Crippen LogP contribution in [-0.2, 0) is 7.05 Å². The molecule has 2 aromatic carbocycles. The Morgan fingerprint density at radius 3 is 2.57 bits per heavy atom. The average Bonchev–Trinajstić information content (AvgIpc) is 2.53. The number of hydrogen-bond donors (Lipinski definition) is 0. The molecule has 3 rings (SSSR count). The SMILES string of the molecule is C[n+]1cccc2cc(/C=C/C(=O)c3ccc(Br)cc3)ccc21.[I-]. The van der Waals surface area contributed by atoms with E-state index in [2.05, 4.69) is 38.7 Å². The summed E-state index contributed by atoms with van der Waals surface area (Å²) >= 11 is 3.37. The zero-order valence-electron chi connectivity index (χ0n) is 12.5. The summed E-state index contributed by atoms with van der Waals surface area (Å²) in [5.41, 5.74) is 2.87. The van der Waals surface area contributed by atoms with E-state index in [4.69, 9.17) is 0 Å². The lowest BCUT2D eigenvalue weighted by Crippen LogP contribution is -3.00. The fourth-order valence-corrected chi connectivity index (χ4v) is 2.63. The van der Waals surface area contributed by atoms with Crippen LogP contribution in [0.5, 0.6) is 0 Å². The van der Waals surface area contributed by atoms with Crippen LogP contribution in [-0.4, -0.2) is 5.78 Å². The highest BCUT2D eigenvalue weighted by molar-refractivity contribution is 9.10. The normalized spacial score (nSPS) is 10.7. The number of halogens is 2. The first-order valence-electron chi connectivity index (χ1n) is 7.00. The van der Waals surface area contributed by atoms with Gasteiger partial charge in [-0.3, -0.25) is 4.79 Å². The zero-order valence-corrected chi connectivity index (χ0v) is 16.3. The number of aromatic nitrogens is 1. The number of allylic oxidation sites excluding steroid dienone is 1. The number of hydrogen-bond acceptors (Lipinski definition) is 1. The molecule has 0 bridgehead atoms. The van der Waals surface area contributed by atoms with E-state index in [0.717, 1.165) is 15.4 Å². The van der Waals surface area contributed by atoms with E-state index in [1.807, 2.05) is 55.7 Å². The van der Waals surface area contributed by atoms with E-state index in [9.17, 15) is 4.79 Å². The Balaban J connectivity index is 0.00000192. The second kappa shape index (κ2) is 7.84. The van der Waals surface area contributed by atoms with Crippen molar-refractivity contribution in [2.45, 2.75) is 0 Å². The lowest BCUT2D eigenvalue weighted by atomic mass is 10.1. The predicted molar refractivity (Wildman–Crippen MR) is 92.6 cm³/mol. The number of carbonyl (C=O) groups excluding carboxylic acids is 1. The third-order valence-electron chi connectivity index (χ3n) is 3.57. The van der Waals surface area contributed by atoms with E-state index in [1.165, 1.54) is 5.52 Å². The van der Waals surface area contributed by atoms with Gasteiger partial charge in [0.05, 0.1) is 0 Å². The van der Waals surface area contributed by atoms with E-state index < -0.39 is 0 Å². The monoisotopic (exact) mass is 479 g/mol. The van der Waals surface area contributed by atoms with Crippen molar-refractivity contribution in [3.05, 3.63) is 82.5 Å². The first-order chi connectivity index (χ1) is 10.6. The molecule has 1 heterocycles. The quantitative estimate of drug-likeness (QED) is 0.240. The third-order valence-corrected chi connectivity index (χ3v) is 4.10. The molecule has 0 radical (unpaired) electrons. The third kappa shape index (κ3) is 4.26. The van der Waals surface area contributed by atoms with Crippen LogP contribution >= 0.6 is 15.9 Å². The van der Waals surface area contributed by atoms with Crippen LogP contribution < -0.4 is 28.5 Å². The zero-order chi connectivity index (χ0) is 15.5. The van der Waals surface area contributed by atoms with Gasteiger partial charge in [-0.05, 0) is 54.1 Å². The second-order valence-electron chi connectivity index (χ2n) is 5.14. The molecule has 0 fully saturated rings. The summed E-state index contributed by atoms with van der Waals surface area (Å²) in [6.07, 6.45) is 5.50. The Morgan fingerprint density at radius 2 is 1.83 bits per heavy atom. The van der Waals surface area contributed by atoms with Gasteiger partial charge in [0.15, 0.2) is 12.0 Å². The minimum Gasteiger partial charge on any atom is -1.00 e. The van der Waals surface area contributed by atoms with Gasteiger partial charge in [-0.15, -0.1) is 0 Å². The van der Waals surface area contributed by atoms with Crippen molar-refractivity contribution in [1.82, 2.24) is 0 Å². The molecule has 0 atom stereocenters. The molecular formula is C19H15BrINO. The summed E-state index contributed by atoms with van der Waals surface area (Å²) in [4.78, 5) is 12.1. The Morgan fingerprint density at radius 1 is 1.09 bits per heavy atom. The molecule has 0 saturated carbocycles. The Labute approximate surface area is 161 Å². The van der Waals surface area contributed by atoms with Gasteiger partial charge in [-0.25, -0.2) is 4.57 Å². The van der Waals surface area contributed by atoms with Crippen LogP contribution in [0.4, 0.5) is 0 Å². The molecule has 0 spiro atoms. The maximum absolute atomic E-state index is 12.1. The molecule has 3 aromatic rings. The number of ketones is 1.